The molecule has 18 heavy (non-hydrogen) atoms. The summed E-state index contributed by atoms with van der Waals surface area (Å²) < 4.78 is 0. The maximum absolute atomic E-state index is 12.0. The first-order chi connectivity index (χ1) is 8.69. The lowest BCUT2D eigenvalue weighted by Gasteiger charge is -2.41. The van der Waals surface area contributed by atoms with Gasteiger partial charge in [0.2, 0.25) is 0 Å². The molecule has 2 rings (SSSR count). The van der Waals surface area contributed by atoms with Gasteiger partial charge in [0.05, 0.1) is 0 Å². The second-order valence-electron chi connectivity index (χ2n) is 5.22. The van der Waals surface area contributed by atoms with Crippen LogP contribution in [0, 0.1) is 5.41 Å². The van der Waals surface area contributed by atoms with Crippen LogP contribution in [-0.4, -0.2) is 12.5 Å². The normalized spacial score (nSPS) is 17.0. The van der Waals surface area contributed by atoms with Crippen molar-refractivity contribution >= 4 is 21.8 Å². The average molecular weight is 310 g/mol. The van der Waals surface area contributed by atoms with Gasteiger partial charge in [0, 0.05) is 17.4 Å². The highest BCUT2D eigenvalue weighted by Gasteiger charge is 2.35. The monoisotopic (exact) mass is 309 g/mol. The Morgan fingerprint density at radius 1 is 1.33 bits per heavy atom. The third-order valence-electron chi connectivity index (χ3n) is 4.16. The van der Waals surface area contributed by atoms with E-state index in [1.54, 1.807) is 0 Å². The van der Waals surface area contributed by atoms with Gasteiger partial charge >= 0.3 is 0 Å². The molecule has 1 aromatic carbocycles. The van der Waals surface area contributed by atoms with Gasteiger partial charge in [-0.1, -0.05) is 41.4 Å². The van der Waals surface area contributed by atoms with Crippen LogP contribution in [0.1, 0.15) is 48.5 Å². The zero-order chi connectivity index (χ0) is 13.0. The molecule has 2 nitrogen and oxygen atoms in total. The van der Waals surface area contributed by atoms with Gasteiger partial charge < -0.3 is 5.32 Å². The summed E-state index contributed by atoms with van der Waals surface area (Å²) in [6.07, 6.45) is 4.98. The van der Waals surface area contributed by atoms with Crippen molar-refractivity contribution in [1.82, 2.24) is 5.32 Å². The molecule has 0 heterocycles. The number of halogens is 1. The smallest absolute Gasteiger partial charge is 0.251 e. The van der Waals surface area contributed by atoms with E-state index < -0.39 is 0 Å². The molecule has 0 saturated heterocycles. The number of nitrogens with one attached hydrogen (secondary N) is 1. The number of hydrogen-bond acceptors (Lipinski definition) is 1. The molecule has 3 heteroatoms. The Morgan fingerprint density at radius 2 is 2.00 bits per heavy atom. The largest absolute Gasteiger partial charge is 0.351 e. The molecule has 0 unspecified atom stereocenters. The summed E-state index contributed by atoms with van der Waals surface area (Å²) in [7, 11) is 0. The first-order valence-electron chi connectivity index (χ1n) is 6.62. The molecule has 0 aromatic heterocycles. The second-order valence-corrected chi connectivity index (χ2v) is 5.78. The predicted molar refractivity (Wildman–Crippen MR) is 78.0 cm³/mol. The van der Waals surface area contributed by atoms with Gasteiger partial charge in [-0.15, -0.1) is 0 Å². The van der Waals surface area contributed by atoms with E-state index in [0.717, 1.165) is 23.9 Å². The third-order valence-corrected chi connectivity index (χ3v) is 4.81. The molecule has 1 aliphatic carbocycles. The van der Waals surface area contributed by atoms with E-state index in [1.807, 2.05) is 24.3 Å². The van der Waals surface area contributed by atoms with Crippen molar-refractivity contribution in [2.24, 2.45) is 5.41 Å². The van der Waals surface area contributed by atoms with Crippen LogP contribution in [0.25, 0.3) is 0 Å². The van der Waals surface area contributed by atoms with Gasteiger partial charge in [-0.3, -0.25) is 4.79 Å². The van der Waals surface area contributed by atoms with E-state index in [1.165, 1.54) is 24.8 Å². The zero-order valence-corrected chi connectivity index (χ0v) is 12.4. The fourth-order valence-electron chi connectivity index (χ4n) is 2.45. The Bertz CT molecular complexity index is 403. The van der Waals surface area contributed by atoms with Crippen molar-refractivity contribution in [2.45, 2.75) is 37.9 Å². The van der Waals surface area contributed by atoms with E-state index in [2.05, 4.69) is 28.2 Å². The quantitative estimate of drug-likeness (QED) is 0.821. The van der Waals surface area contributed by atoms with Crippen molar-refractivity contribution in [1.29, 1.82) is 0 Å². The Hall–Kier alpha value is -0.830. The van der Waals surface area contributed by atoms with Crippen LogP contribution in [0.15, 0.2) is 24.3 Å². The Kier molecular flexibility index (Phi) is 4.44. The molecule has 0 bridgehead atoms. The molecule has 0 radical (unpaired) electrons. The van der Waals surface area contributed by atoms with E-state index in [4.69, 9.17) is 0 Å². The first-order valence-corrected chi connectivity index (χ1v) is 7.74. The summed E-state index contributed by atoms with van der Waals surface area (Å²) in [6.45, 7) is 3.04. The molecule has 1 saturated carbocycles. The molecule has 1 fully saturated rings. The van der Waals surface area contributed by atoms with Crippen molar-refractivity contribution in [3.05, 3.63) is 35.4 Å². The van der Waals surface area contributed by atoms with E-state index in [-0.39, 0.29) is 5.91 Å². The van der Waals surface area contributed by atoms with Gasteiger partial charge in [-0.05, 0) is 42.4 Å². The minimum absolute atomic E-state index is 0.0517. The van der Waals surface area contributed by atoms with Crippen molar-refractivity contribution in [3.8, 4) is 0 Å². The molecule has 1 aromatic rings. The van der Waals surface area contributed by atoms with Gasteiger partial charge in [0.1, 0.15) is 0 Å². The zero-order valence-electron chi connectivity index (χ0n) is 10.8. The maximum Gasteiger partial charge on any atom is 0.251 e. The first kappa shape index (κ1) is 13.6. The number of amides is 1. The topological polar surface area (TPSA) is 29.1 Å². The van der Waals surface area contributed by atoms with Crippen molar-refractivity contribution in [3.63, 3.8) is 0 Å². The lowest BCUT2D eigenvalue weighted by molar-refractivity contribution is 0.0850. The lowest BCUT2D eigenvalue weighted by Crippen LogP contribution is -2.41. The maximum atomic E-state index is 12.0. The minimum atomic E-state index is 0.0517. The summed E-state index contributed by atoms with van der Waals surface area (Å²) in [5.41, 5.74) is 2.33. The number of carbonyl (C=O) groups is 1. The number of alkyl halides is 1. The standard InChI is InChI=1S/C15H20BrNO/c1-2-15(8-3-9-15)11-17-14(18)13-6-4-12(10-16)5-7-13/h4-7H,2-3,8-11H2,1H3,(H,17,18). The van der Waals surface area contributed by atoms with Crippen LogP contribution in [-0.2, 0) is 5.33 Å². The Morgan fingerprint density at radius 3 is 2.44 bits per heavy atom. The van der Waals surface area contributed by atoms with Crippen molar-refractivity contribution in [2.75, 3.05) is 6.54 Å². The number of benzene rings is 1. The summed E-state index contributed by atoms with van der Waals surface area (Å²) >= 11 is 3.40. The SMILES string of the molecule is CCC1(CNC(=O)c2ccc(CBr)cc2)CCC1. The highest BCUT2D eigenvalue weighted by Crippen LogP contribution is 2.43. The summed E-state index contributed by atoms with van der Waals surface area (Å²) in [4.78, 5) is 12.0. The summed E-state index contributed by atoms with van der Waals surface area (Å²) in [5.74, 6) is 0.0517. The fourth-order valence-corrected chi connectivity index (χ4v) is 2.82. The summed E-state index contributed by atoms with van der Waals surface area (Å²) in [5, 5.41) is 3.91. The molecule has 1 amide bonds. The molecular formula is C15H20BrNO. The molecule has 1 aliphatic rings. The van der Waals surface area contributed by atoms with Crippen LogP contribution >= 0.6 is 15.9 Å². The van der Waals surface area contributed by atoms with Crippen LogP contribution in [0.4, 0.5) is 0 Å². The number of rotatable bonds is 5. The fraction of sp³-hybridized carbons (Fsp3) is 0.533. The van der Waals surface area contributed by atoms with Crippen LogP contribution in [0.3, 0.4) is 0 Å². The van der Waals surface area contributed by atoms with Gasteiger partial charge in [-0.25, -0.2) is 0 Å². The number of hydrogen-bond donors (Lipinski definition) is 1. The van der Waals surface area contributed by atoms with Crippen LogP contribution in [0.2, 0.25) is 0 Å². The molecule has 0 spiro atoms. The third kappa shape index (κ3) is 2.94. The molecule has 98 valence electrons. The van der Waals surface area contributed by atoms with E-state index in [0.29, 0.717) is 5.41 Å². The Labute approximate surface area is 117 Å². The predicted octanol–water partition coefficient (Wildman–Crippen LogP) is 3.89. The highest BCUT2D eigenvalue weighted by atomic mass is 79.9. The minimum Gasteiger partial charge on any atom is -0.351 e. The van der Waals surface area contributed by atoms with Crippen LogP contribution < -0.4 is 5.32 Å². The van der Waals surface area contributed by atoms with Gasteiger partial charge in [-0.2, -0.15) is 0 Å². The van der Waals surface area contributed by atoms with Gasteiger partial charge in [0.15, 0.2) is 0 Å². The van der Waals surface area contributed by atoms with Gasteiger partial charge in [0.25, 0.3) is 5.91 Å². The summed E-state index contributed by atoms with van der Waals surface area (Å²) in [6, 6.07) is 7.77. The molecular weight excluding hydrogens is 290 g/mol. The lowest BCUT2D eigenvalue weighted by atomic mass is 9.67. The Balaban J connectivity index is 1.90. The molecule has 0 atom stereocenters. The van der Waals surface area contributed by atoms with E-state index >= 15 is 0 Å². The molecule has 1 N–H and O–H groups in total. The van der Waals surface area contributed by atoms with Crippen molar-refractivity contribution < 1.29 is 4.79 Å². The molecule has 0 aliphatic heterocycles. The van der Waals surface area contributed by atoms with Crippen LogP contribution in [0.5, 0.6) is 0 Å². The highest BCUT2D eigenvalue weighted by molar-refractivity contribution is 9.08. The second kappa shape index (κ2) is 5.87. The number of carbonyl (C=O) groups excluding carboxylic acids is 1. The van der Waals surface area contributed by atoms with E-state index in [9.17, 15) is 4.79 Å². The average Bonchev–Trinajstić information content (AvgIpc) is 2.38.